The molecule has 19 heavy (non-hydrogen) atoms. The highest BCUT2D eigenvalue weighted by atomic mass is 32.1. The Morgan fingerprint density at radius 3 is 2.53 bits per heavy atom. The molecule has 1 aromatic carbocycles. The average molecular weight is 276 g/mol. The molecule has 1 aromatic heterocycles. The number of nitrogens with two attached hydrogens (primary N) is 1. The zero-order valence-corrected chi connectivity index (χ0v) is 12.0. The van der Waals surface area contributed by atoms with Crippen LogP contribution < -0.4 is 16.0 Å². The van der Waals surface area contributed by atoms with Crippen LogP contribution in [-0.4, -0.2) is 12.6 Å². The number of hydrogen-bond donors (Lipinski definition) is 2. The third kappa shape index (κ3) is 4.35. The second kappa shape index (κ2) is 7.28. The fourth-order valence-corrected chi connectivity index (χ4v) is 2.88. The Balaban J connectivity index is 1.86. The summed E-state index contributed by atoms with van der Waals surface area (Å²) in [5.41, 5.74) is 2.83. The lowest BCUT2D eigenvalue weighted by Crippen LogP contribution is -2.41. The summed E-state index contributed by atoms with van der Waals surface area (Å²) in [6.45, 7) is 2.74. The summed E-state index contributed by atoms with van der Waals surface area (Å²) in [6, 6.07) is 14.3. The highest BCUT2D eigenvalue weighted by Crippen LogP contribution is 2.18. The maximum atomic E-state index is 5.73. The first kappa shape index (κ1) is 14.1. The second-order valence-corrected chi connectivity index (χ2v) is 5.67. The fraction of sp³-hybridized carbons (Fsp3) is 0.333. The Morgan fingerprint density at radius 2 is 1.89 bits per heavy atom. The average Bonchev–Trinajstić information content (AvgIpc) is 2.92. The van der Waals surface area contributed by atoms with Crippen molar-refractivity contribution >= 4 is 11.3 Å². The van der Waals surface area contributed by atoms with Gasteiger partial charge in [-0.3, -0.25) is 11.3 Å². The van der Waals surface area contributed by atoms with E-state index >= 15 is 0 Å². The van der Waals surface area contributed by atoms with Gasteiger partial charge in [0.25, 0.3) is 0 Å². The number of hydrazine groups is 1. The molecule has 3 nitrogen and oxygen atoms in total. The van der Waals surface area contributed by atoms with E-state index in [1.165, 1.54) is 9.75 Å². The molecule has 3 N–H and O–H groups in total. The van der Waals surface area contributed by atoms with Crippen molar-refractivity contribution in [2.24, 2.45) is 5.84 Å². The Hall–Kier alpha value is -1.36. The molecule has 0 saturated carbocycles. The Morgan fingerprint density at radius 1 is 1.16 bits per heavy atom. The van der Waals surface area contributed by atoms with Gasteiger partial charge in [-0.15, -0.1) is 11.3 Å². The zero-order valence-electron chi connectivity index (χ0n) is 11.1. The second-order valence-electron chi connectivity index (χ2n) is 4.41. The number of aryl methyl sites for hydroxylation is 1. The van der Waals surface area contributed by atoms with Crippen molar-refractivity contribution in [1.82, 2.24) is 5.43 Å². The van der Waals surface area contributed by atoms with Crippen LogP contribution in [-0.2, 0) is 12.8 Å². The SMILES string of the molecule is CCc1ccc(CC(COc2ccccc2)NN)s1. The molecular formula is C15H20N2OS. The van der Waals surface area contributed by atoms with Gasteiger partial charge < -0.3 is 4.74 Å². The van der Waals surface area contributed by atoms with Crippen molar-refractivity contribution in [3.63, 3.8) is 0 Å². The Labute approximate surface area is 118 Å². The van der Waals surface area contributed by atoms with Gasteiger partial charge in [-0.25, -0.2) is 0 Å². The first-order valence-corrected chi connectivity index (χ1v) is 7.35. The molecule has 1 atom stereocenters. The standard InChI is InChI=1S/C15H20N2OS/c1-2-14-8-9-15(19-14)10-12(17-16)11-18-13-6-4-3-5-7-13/h3-9,12,17H,2,10-11,16H2,1H3. The summed E-state index contributed by atoms with van der Waals surface area (Å²) < 4.78 is 5.73. The normalized spacial score (nSPS) is 12.3. The molecule has 0 fully saturated rings. The molecule has 0 spiro atoms. The largest absolute Gasteiger partial charge is 0.492 e. The molecule has 0 aliphatic carbocycles. The van der Waals surface area contributed by atoms with Gasteiger partial charge >= 0.3 is 0 Å². The molecule has 0 radical (unpaired) electrons. The fourth-order valence-electron chi connectivity index (χ4n) is 1.84. The number of ether oxygens (including phenoxy) is 1. The molecular weight excluding hydrogens is 256 g/mol. The molecule has 0 saturated heterocycles. The van der Waals surface area contributed by atoms with Crippen molar-refractivity contribution in [3.05, 3.63) is 52.2 Å². The van der Waals surface area contributed by atoms with E-state index in [-0.39, 0.29) is 6.04 Å². The van der Waals surface area contributed by atoms with E-state index in [1.807, 2.05) is 41.7 Å². The first-order valence-electron chi connectivity index (χ1n) is 6.53. The number of rotatable bonds is 7. The molecule has 2 aromatic rings. The van der Waals surface area contributed by atoms with E-state index in [4.69, 9.17) is 10.6 Å². The minimum absolute atomic E-state index is 0.128. The van der Waals surface area contributed by atoms with Gasteiger partial charge in [-0.2, -0.15) is 0 Å². The van der Waals surface area contributed by atoms with Gasteiger partial charge in [0.05, 0.1) is 6.04 Å². The number of nitrogens with one attached hydrogen (secondary N) is 1. The molecule has 2 rings (SSSR count). The van der Waals surface area contributed by atoms with Gasteiger partial charge in [-0.05, 0) is 30.7 Å². The molecule has 0 bridgehead atoms. The third-order valence-electron chi connectivity index (χ3n) is 2.94. The summed E-state index contributed by atoms with van der Waals surface area (Å²) >= 11 is 1.85. The highest BCUT2D eigenvalue weighted by Gasteiger charge is 2.10. The van der Waals surface area contributed by atoms with Crippen LogP contribution in [0.5, 0.6) is 5.75 Å². The van der Waals surface area contributed by atoms with Crippen LogP contribution in [0.1, 0.15) is 16.7 Å². The topological polar surface area (TPSA) is 47.3 Å². The van der Waals surface area contributed by atoms with Gasteiger partial charge in [0.2, 0.25) is 0 Å². The molecule has 0 aliphatic heterocycles. The minimum atomic E-state index is 0.128. The summed E-state index contributed by atoms with van der Waals surface area (Å²) in [5.74, 6) is 6.48. The number of thiophene rings is 1. The first-order chi connectivity index (χ1) is 9.31. The van der Waals surface area contributed by atoms with Crippen LogP contribution in [0.15, 0.2) is 42.5 Å². The molecule has 0 aliphatic rings. The zero-order chi connectivity index (χ0) is 13.5. The molecule has 4 heteroatoms. The van der Waals surface area contributed by atoms with Crippen LogP contribution >= 0.6 is 11.3 Å². The van der Waals surface area contributed by atoms with Crippen LogP contribution in [0, 0.1) is 0 Å². The number of benzene rings is 1. The molecule has 102 valence electrons. The van der Waals surface area contributed by atoms with E-state index in [0.717, 1.165) is 18.6 Å². The van der Waals surface area contributed by atoms with E-state index < -0.39 is 0 Å². The summed E-state index contributed by atoms with van der Waals surface area (Å²) in [5, 5.41) is 0. The quantitative estimate of drug-likeness (QED) is 0.604. The van der Waals surface area contributed by atoms with Crippen LogP contribution in [0.2, 0.25) is 0 Å². The van der Waals surface area contributed by atoms with E-state index in [2.05, 4.69) is 24.5 Å². The lowest BCUT2D eigenvalue weighted by Gasteiger charge is -2.16. The lowest BCUT2D eigenvalue weighted by atomic mass is 10.2. The van der Waals surface area contributed by atoms with Gasteiger partial charge in [-0.1, -0.05) is 25.1 Å². The van der Waals surface area contributed by atoms with Crippen LogP contribution in [0.25, 0.3) is 0 Å². The molecule has 1 unspecified atom stereocenters. The summed E-state index contributed by atoms with van der Waals surface area (Å²) in [6.07, 6.45) is 1.99. The maximum absolute atomic E-state index is 5.73. The van der Waals surface area contributed by atoms with Crippen molar-refractivity contribution in [2.75, 3.05) is 6.61 Å². The van der Waals surface area contributed by atoms with Crippen molar-refractivity contribution in [3.8, 4) is 5.75 Å². The van der Waals surface area contributed by atoms with E-state index in [1.54, 1.807) is 0 Å². The van der Waals surface area contributed by atoms with Gasteiger partial charge in [0.15, 0.2) is 0 Å². The smallest absolute Gasteiger partial charge is 0.119 e. The lowest BCUT2D eigenvalue weighted by molar-refractivity contribution is 0.265. The number of hydrogen-bond acceptors (Lipinski definition) is 4. The van der Waals surface area contributed by atoms with E-state index in [9.17, 15) is 0 Å². The monoisotopic (exact) mass is 276 g/mol. The van der Waals surface area contributed by atoms with E-state index in [0.29, 0.717) is 6.61 Å². The number of para-hydroxylation sites is 1. The predicted octanol–water partition coefficient (Wildman–Crippen LogP) is 2.76. The van der Waals surface area contributed by atoms with Crippen molar-refractivity contribution < 1.29 is 4.74 Å². The molecule has 1 heterocycles. The van der Waals surface area contributed by atoms with Gasteiger partial charge in [0, 0.05) is 16.2 Å². The minimum Gasteiger partial charge on any atom is -0.492 e. The van der Waals surface area contributed by atoms with Crippen LogP contribution in [0.3, 0.4) is 0 Å². The van der Waals surface area contributed by atoms with Crippen molar-refractivity contribution in [2.45, 2.75) is 25.8 Å². The maximum Gasteiger partial charge on any atom is 0.119 e. The Bertz CT molecular complexity index is 484. The van der Waals surface area contributed by atoms with Crippen LogP contribution in [0.4, 0.5) is 0 Å². The molecule has 0 amide bonds. The van der Waals surface area contributed by atoms with Gasteiger partial charge in [0.1, 0.15) is 12.4 Å². The Kier molecular flexibility index (Phi) is 5.39. The summed E-state index contributed by atoms with van der Waals surface area (Å²) in [7, 11) is 0. The summed E-state index contributed by atoms with van der Waals surface area (Å²) in [4.78, 5) is 2.76. The third-order valence-corrected chi connectivity index (χ3v) is 4.20. The predicted molar refractivity (Wildman–Crippen MR) is 80.4 cm³/mol. The van der Waals surface area contributed by atoms with Crippen molar-refractivity contribution in [1.29, 1.82) is 0 Å². The highest BCUT2D eigenvalue weighted by molar-refractivity contribution is 7.11.